The SMILES string of the molecule is CCNC(=NCc1nc(C)c(C)s1)NCCc1cc(C)cc(C)c1. The monoisotopic (exact) mass is 344 g/mol. The van der Waals surface area contributed by atoms with Crippen LogP contribution in [0.5, 0.6) is 0 Å². The van der Waals surface area contributed by atoms with Gasteiger partial charge in [-0.2, -0.15) is 0 Å². The maximum Gasteiger partial charge on any atom is 0.191 e. The Kier molecular flexibility index (Phi) is 6.79. The maximum absolute atomic E-state index is 4.65. The number of aromatic nitrogens is 1. The van der Waals surface area contributed by atoms with Crippen molar-refractivity contribution in [1.82, 2.24) is 15.6 Å². The summed E-state index contributed by atoms with van der Waals surface area (Å²) in [7, 11) is 0. The number of thiazole rings is 1. The van der Waals surface area contributed by atoms with Crippen LogP contribution in [0, 0.1) is 27.7 Å². The maximum atomic E-state index is 4.65. The van der Waals surface area contributed by atoms with Crippen LogP contribution < -0.4 is 10.6 Å². The lowest BCUT2D eigenvalue weighted by molar-refractivity contribution is 0.798. The first kappa shape index (κ1) is 18.5. The van der Waals surface area contributed by atoms with Crippen LogP contribution in [0.1, 0.15) is 39.2 Å². The standard InChI is InChI=1S/C19H28N4S/c1-6-20-19(22-12-18-23-15(4)16(5)24-18)21-8-7-17-10-13(2)9-14(3)11-17/h9-11H,6-8,12H2,1-5H3,(H2,20,21,22). The molecule has 1 aromatic heterocycles. The summed E-state index contributed by atoms with van der Waals surface area (Å²) in [5.41, 5.74) is 5.11. The summed E-state index contributed by atoms with van der Waals surface area (Å²) in [5, 5.41) is 7.78. The van der Waals surface area contributed by atoms with Crippen molar-refractivity contribution < 1.29 is 0 Å². The summed E-state index contributed by atoms with van der Waals surface area (Å²) in [4.78, 5) is 10.5. The van der Waals surface area contributed by atoms with Crippen molar-refractivity contribution in [3.05, 3.63) is 50.5 Å². The number of hydrogen-bond acceptors (Lipinski definition) is 3. The number of aliphatic imine (C=N–C) groups is 1. The van der Waals surface area contributed by atoms with Gasteiger partial charge >= 0.3 is 0 Å². The van der Waals surface area contributed by atoms with Crippen LogP contribution in [-0.4, -0.2) is 24.0 Å². The molecular formula is C19H28N4S. The summed E-state index contributed by atoms with van der Waals surface area (Å²) >= 11 is 1.72. The van der Waals surface area contributed by atoms with Gasteiger partial charge in [0.1, 0.15) is 5.01 Å². The van der Waals surface area contributed by atoms with Crippen LogP contribution >= 0.6 is 11.3 Å². The Labute approximate surface area is 149 Å². The van der Waals surface area contributed by atoms with Gasteiger partial charge in [0, 0.05) is 18.0 Å². The Hall–Kier alpha value is -1.88. The summed E-state index contributed by atoms with van der Waals surface area (Å²) in [6.07, 6.45) is 0.988. The van der Waals surface area contributed by atoms with Crippen LogP contribution in [0.15, 0.2) is 23.2 Å². The summed E-state index contributed by atoms with van der Waals surface area (Å²) in [6.45, 7) is 12.9. The third-order valence-electron chi connectivity index (χ3n) is 3.78. The van der Waals surface area contributed by atoms with Gasteiger partial charge in [-0.1, -0.05) is 29.3 Å². The van der Waals surface area contributed by atoms with Gasteiger partial charge in [-0.25, -0.2) is 9.98 Å². The molecule has 2 aromatic rings. The highest BCUT2D eigenvalue weighted by Crippen LogP contribution is 2.16. The smallest absolute Gasteiger partial charge is 0.191 e. The van der Waals surface area contributed by atoms with Gasteiger partial charge in [0.25, 0.3) is 0 Å². The topological polar surface area (TPSA) is 49.3 Å². The molecule has 0 aliphatic heterocycles. The number of benzene rings is 1. The van der Waals surface area contributed by atoms with Gasteiger partial charge in [0.15, 0.2) is 5.96 Å². The lowest BCUT2D eigenvalue weighted by atomic mass is 10.1. The molecule has 4 nitrogen and oxygen atoms in total. The van der Waals surface area contributed by atoms with E-state index < -0.39 is 0 Å². The van der Waals surface area contributed by atoms with Crippen molar-refractivity contribution in [3.63, 3.8) is 0 Å². The molecule has 0 unspecified atom stereocenters. The molecule has 0 aliphatic carbocycles. The predicted octanol–water partition coefficient (Wildman–Crippen LogP) is 3.67. The Bertz CT molecular complexity index is 664. The molecule has 2 rings (SSSR count). The fraction of sp³-hybridized carbons (Fsp3) is 0.474. The second-order valence-electron chi connectivity index (χ2n) is 6.12. The largest absolute Gasteiger partial charge is 0.357 e. The molecule has 130 valence electrons. The highest BCUT2D eigenvalue weighted by atomic mass is 32.1. The van der Waals surface area contributed by atoms with Crippen molar-refractivity contribution in [1.29, 1.82) is 0 Å². The van der Waals surface area contributed by atoms with E-state index in [1.54, 1.807) is 11.3 Å². The zero-order valence-electron chi connectivity index (χ0n) is 15.4. The molecule has 2 N–H and O–H groups in total. The third-order valence-corrected chi connectivity index (χ3v) is 4.83. The van der Waals surface area contributed by atoms with E-state index in [1.807, 2.05) is 6.92 Å². The van der Waals surface area contributed by atoms with Crippen molar-refractivity contribution in [2.45, 2.75) is 47.6 Å². The molecule has 0 radical (unpaired) electrons. The van der Waals surface area contributed by atoms with E-state index in [2.05, 4.69) is 66.5 Å². The van der Waals surface area contributed by atoms with Crippen LogP contribution in [0.3, 0.4) is 0 Å². The van der Waals surface area contributed by atoms with Crippen LogP contribution in [0.25, 0.3) is 0 Å². The quantitative estimate of drug-likeness (QED) is 0.621. The molecule has 1 aromatic carbocycles. The zero-order valence-corrected chi connectivity index (χ0v) is 16.2. The number of rotatable bonds is 6. The molecule has 5 heteroatoms. The van der Waals surface area contributed by atoms with E-state index in [0.717, 1.165) is 36.2 Å². The first-order valence-corrected chi connectivity index (χ1v) is 9.32. The minimum Gasteiger partial charge on any atom is -0.357 e. The molecule has 0 fully saturated rings. The average molecular weight is 345 g/mol. The third kappa shape index (κ3) is 5.64. The number of nitrogens with zero attached hydrogens (tertiary/aromatic N) is 2. The molecule has 0 saturated carbocycles. The van der Waals surface area contributed by atoms with E-state index in [9.17, 15) is 0 Å². The first-order valence-electron chi connectivity index (χ1n) is 8.50. The highest BCUT2D eigenvalue weighted by molar-refractivity contribution is 7.11. The van der Waals surface area contributed by atoms with E-state index in [4.69, 9.17) is 0 Å². The van der Waals surface area contributed by atoms with Gasteiger partial charge in [-0.15, -0.1) is 11.3 Å². The minimum atomic E-state index is 0.623. The van der Waals surface area contributed by atoms with Gasteiger partial charge in [0.2, 0.25) is 0 Å². The van der Waals surface area contributed by atoms with Crippen molar-refractivity contribution in [2.24, 2.45) is 4.99 Å². The predicted molar refractivity (Wildman–Crippen MR) is 104 cm³/mol. The van der Waals surface area contributed by atoms with Gasteiger partial charge in [0.05, 0.1) is 12.2 Å². The molecule has 0 aliphatic rings. The fourth-order valence-electron chi connectivity index (χ4n) is 2.63. The van der Waals surface area contributed by atoms with Crippen LogP contribution in [-0.2, 0) is 13.0 Å². The van der Waals surface area contributed by atoms with E-state index >= 15 is 0 Å². The van der Waals surface area contributed by atoms with Gasteiger partial charge < -0.3 is 10.6 Å². The average Bonchev–Trinajstić information content (AvgIpc) is 2.82. The van der Waals surface area contributed by atoms with Crippen LogP contribution in [0.4, 0.5) is 0 Å². The van der Waals surface area contributed by atoms with Gasteiger partial charge in [-0.05, 0) is 46.6 Å². The first-order chi connectivity index (χ1) is 11.5. The van der Waals surface area contributed by atoms with Gasteiger partial charge in [-0.3, -0.25) is 0 Å². The fourth-order valence-corrected chi connectivity index (χ4v) is 3.49. The molecule has 0 bridgehead atoms. The Balaban J connectivity index is 1.91. The summed E-state index contributed by atoms with van der Waals surface area (Å²) < 4.78 is 0. The number of hydrogen-bond donors (Lipinski definition) is 2. The molecule has 0 spiro atoms. The molecule has 1 heterocycles. The lowest BCUT2D eigenvalue weighted by Gasteiger charge is -2.11. The molecular weight excluding hydrogens is 316 g/mol. The normalized spacial score (nSPS) is 11.6. The Morgan fingerprint density at radius 1 is 1.08 bits per heavy atom. The van der Waals surface area contributed by atoms with E-state index in [-0.39, 0.29) is 0 Å². The molecule has 0 amide bonds. The zero-order chi connectivity index (χ0) is 17.5. The number of aryl methyl sites for hydroxylation is 4. The minimum absolute atomic E-state index is 0.623. The summed E-state index contributed by atoms with van der Waals surface area (Å²) in [5.74, 6) is 0.854. The van der Waals surface area contributed by atoms with Crippen molar-refractivity contribution >= 4 is 17.3 Å². The van der Waals surface area contributed by atoms with Crippen LogP contribution in [0.2, 0.25) is 0 Å². The highest BCUT2D eigenvalue weighted by Gasteiger charge is 2.04. The number of nitrogens with one attached hydrogen (secondary N) is 2. The lowest BCUT2D eigenvalue weighted by Crippen LogP contribution is -2.38. The second-order valence-corrected chi connectivity index (χ2v) is 7.40. The summed E-state index contributed by atoms with van der Waals surface area (Å²) in [6, 6.07) is 6.71. The Morgan fingerprint density at radius 2 is 1.79 bits per heavy atom. The molecule has 0 saturated heterocycles. The molecule has 0 atom stereocenters. The van der Waals surface area contributed by atoms with Crippen molar-refractivity contribution in [3.8, 4) is 0 Å². The second kappa shape index (κ2) is 8.83. The number of guanidine groups is 1. The van der Waals surface area contributed by atoms with Crippen molar-refractivity contribution in [2.75, 3.05) is 13.1 Å². The Morgan fingerprint density at radius 3 is 2.38 bits per heavy atom. The van der Waals surface area contributed by atoms with E-state index in [1.165, 1.54) is 21.6 Å². The van der Waals surface area contributed by atoms with E-state index in [0.29, 0.717) is 6.54 Å². The molecule has 24 heavy (non-hydrogen) atoms.